The molecule has 0 amide bonds. The molecule has 1 aliphatic rings. The van der Waals surface area contributed by atoms with Crippen LogP contribution in [0.2, 0.25) is 0 Å². The van der Waals surface area contributed by atoms with Gasteiger partial charge in [0.05, 0.1) is 26.0 Å². The van der Waals surface area contributed by atoms with Crippen LogP contribution in [0.4, 0.5) is 5.69 Å². The summed E-state index contributed by atoms with van der Waals surface area (Å²) >= 11 is 0. The number of anilines is 1. The minimum Gasteiger partial charge on any atom is -0.499 e. The van der Waals surface area contributed by atoms with Crippen LogP contribution in [0.25, 0.3) is 0 Å². The molecule has 0 saturated heterocycles. The van der Waals surface area contributed by atoms with E-state index in [4.69, 9.17) is 9.47 Å². The van der Waals surface area contributed by atoms with E-state index in [0.29, 0.717) is 5.92 Å². The largest absolute Gasteiger partial charge is 0.499 e. The minimum atomic E-state index is 0.0483. The van der Waals surface area contributed by atoms with E-state index < -0.39 is 0 Å². The van der Waals surface area contributed by atoms with Crippen LogP contribution in [0.15, 0.2) is 121 Å². The summed E-state index contributed by atoms with van der Waals surface area (Å²) in [5.41, 5.74) is 7.37. The van der Waals surface area contributed by atoms with Crippen LogP contribution in [-0.4, -0.2) is 20.8 Å². The molecule has 0 aliphatic heterocycles. The molecule has 194 valence electrons. The lowest BCUT2D eigenvalue weighted by Gasteiger charge is -2.25. The highest BCUT2D eigenvalue weighted by molar-refractivity contribution is 5.53. The summed E-state index contributed by atoms with van der Waals surface area (Å²) in [5.74, 6) is 2.24. The van der Waals surface area contributed by atoms with Gasteiger partial charge in [-0.05, 0) is 65.9 Å². The van der Waals surface area contributed by atoms with Crippen molar-refractivity contribution in [3.63, 3.8) is 0 Å². The van der Waals surface area contributed by atoms with Crippen molar-refractivity contribution < 1.29 is 9.47 Å². The van der Waals surface area contributed by atoms with Crippen molar-refractivity contribution in [2.75, 3.05) is 26.1 Å². The third kappa shape index (κ3) is 6.09. The molecule has 4 heteroatoms. The Morgan fingerprint density at radius 3 is 1.89 bits per heavy atom. The molecule has 4 aromatic carbocycles. The number of hydrogen-bond donors (Lipinski definition) is 2. The molecule has 38 heavy (non-hydrogen) atoms. The van der Waals surface area contributed by atoms with E-state index in [1.165, 1.54) is 28.0 Å². The van der Waals surface area contributed by atoms with Crippen LogP contribution in [0, 0.1) is 0 Å². The molecule has 0 spiro atoms. The topological polar surface area (TPSA) is 42.5 Å². The monoisotopic (exact) mass is 504 g/mol. The maximum atomic E-state index is 5.48. The molecular formula is C34H36N2O2. The second-order valence-corrected chi connectivity index (χ2v) is 9.68. The molecule has 0 bridgehead atoms. The standard InChI is InChI=1S/C34H36N2O2/c1-37-30-18-16-27(17-19-30)34(28-14-9-15-29(24-28)36-32-20-21-33(32)38-2)35-23-22-31(25-10-5-3-6-11-25)26-12-7-4-8-13-26/h3-19,24,31,34-36H,20-23H2,1-2H3. The van der Waals surface area contributed by atoms with Crippen LogP contribution in [0.3, 0.4) is 0 Å². The summed E-state index contributed by atoms with van der Waals surface area (Å²) in [6.45, 7) is 0.863. The Morgan fingerprint density at radius 1 is 0.658 bits per heavy atom. The van der Waals surface area contributed by atoms with Crippen molar-refractivity contribution in [1.82, 2.24) is 5.32 Å². The predicted molar refractivity (Wildman–Crippen MR) is 156 cm³/mol. The third-order valence-electron chi connectivity index (χ3n) is 7.33. The summed E-state index contributed by atoms with van der Waals surface area (Å²) in [4.78, 5) is 0. The van der Waals surface area contributed by atoms with Gasteiger partial charge in [-0.2, -0.15) is 0 Å². The van der Waals surface area contributed by atoms with Crippen molar-refractivity contribution in [3.8, 4) is 5.75 Å². The van der Waals surface area contributed by atoms with Crippen LogP contribution in [-0.2, 0) is 4.74 Å². The Bertz CT molecular complexity index is 1290. The smallest absolute Gasteiger partial charge is 0.118 e. The Hall–Kier alpha value is -4.02. The summed E-state index contributed by atoms with van der Waals surface area (Å²) in [6, 6.07) is 38.7. The normalized spacial score (nSPS) is 13.7. The number of nitrogens with one attached hydrogen (secondary N) is 2. The second-order valence-electron chi connectivity index (χ2n) is 9.68. The summed E-state index contributed by atoms with van der Waals surface area (Å²) in [7, 11) is 3.45. The van der Waals surface area contributed by atoms with E-state index in [-0.39, 0.29) is 6.04 Å². The van der Waals surface area contributed by atoms with Gasteiger partial charge in [0.25, 0.3) is 0 Å². The van der Waals surface area contributed by atoms with Gasteiger partial charge in [-0.1, -0.05) is 84.9 Å². The van der Waals surface area contributed by atoms with Crippen LogP contribution in [0.1, 0.15) is 53.5 Å². The fourth-order valence-electron chi connectivity index (χ4n) is 5.17. The second kappa shape index (κ2) is 12.5. The fourth-order valence-corrected chi connectivity index (χ4v) is 5.17. The summed E-state index contributed by atoms with van der Waals surface area (Å²) in [6.07, 6.45) is 3.01. The Balaban J connectivity index is 1.38. The lowest BCUT2D eigenvalue weighted by molar-refractivity contribution is 0.253. The first-order valence-corrected chi connectivity index (χ1v) is 13.4. The van der Waals surface area contributed by atoms with Gasteiger partial charge in [0.15, 0.2) is 0 Å². The van der Waals surface area contributed by atoms with E-state index in [1.54, 1.807) is 14.2 Å². The number of rotatable bonds is 12. The van der Waals surface area contributed by atoms with Gasteiger partial charge in [-0.25, -0.2) is 0 Å². The van der Waals surface area contributed by atoms with Gasteiger partial charge >= 0.3 is 0 Å². The lowest BCUT2D eigenvalue weighted by atomic mass is 9.88. The van der Waals surface area contributed by atoms with E-state index >= 15 is 0 Å². The molecule has 0 saturated carbocycles. The first kappa shape index (κ1) is 25.6. The maximum absolute atomic E-state index is 5.48. The Morgan fingerprint density at radius 2 is 1.32 bits per heavy atom. The predicted octanol–water partition coefficient (Wildman–Crippen LogP) is 7.66. The number of methoxy groups -OCH3 is 2. The summed E-state index contributed by atoms with van der Waals surface area (Å²) < 4.78 is 10.9. The Kier molecular flexibility index (Phi) is 8.42. The van der Waals surface area contributed by atoms with E-state index in [2.05, 4.69) is 108 Å². The van der Waals surface area contributed by atoms with Crippen molar-refractivity contribution in [2.45, 2.75) is 31.2 Å². The zero-order valence-electron chi connectivity index (χ0n) is 22.2. The molecule has 1 atom stereocenters. The average Bonchev–Trinajstić information content (AvgIpc) is 2.97. The molecular weight excluding hydrogens is 468 g/mol. The Labute approximate surface area is 226 Å². The van der Waals surface area contributed by atoms with Crippen LogP contribution < -0.4 is 15.4 Å². The van der Waals surface area contributed by atoms with Gasteiger partial charge in [0.2, 0.25) is 0 Å². The van der Waals surface area contributed by atoms with E-state index in [0.717, 1.165) is 43.0 Å². The van der Waals surface area contributed by atoms with Crippen molar-refractivity contribution in [2.24, 2.45) is 0 Å². The molecule has 1 unspecified atom stereocenters. The van der Waals surface area contributed by atoms with Crippen molar-refractivity contribution in [3.05, 3.63) is 143 Å². The van der Waals surface area contributed by atoms with Gasteiger partial charge in [-0.15, -0.1) is 0 Å². The maximum Gasteiger partial charge on any atom is 0.118 e. The van der Waals surface area contributed by atoms with E-state index in [9.17, 15) is 0 Å². The molecule has 0 aromatic heterocycles. The molecule has 4 aromatic rings. The van der Waals surface area contributed by atoms with Crippen molar-refractivity contribution >= 4 is 5.69 Å². The highest BCUT2D eigenvalue weighted by Crippen LogP contribution is 2.32. The molecule has 0 fully saturated rings. The number of allylic oxidation sites excluding steroid dienone is 2. The van der Waals surface area contributed by atoms with Gasteiger partial charge < -0.3 is 20.1 Å². The molecule has 0 heterocycles. The molecule has 2 N–H and O–H groups in total. The van der Waals surface area contributed by atoms with Gasteiger partial charge in [0.1, 0.15) is 11.5 Å². The molecule has 0 radical (unpaired) electrons. The molecule has 4 nitrogen and oxygen atoms in total. The quantitative estimate of drug-likeness (QED) is 0.208. The highest BCUT2D eigenvalue weighted by Gasteiger charge is 2.20. The van der Waals surface area contributed by atoms with Crippen LogP contribution >= 0.6 is 0 Å². The number of benzene rings is 4. The first-order valence-electron chi connectivity index (χ1n) is 13.4. The van der Waals surface area contributed by atoms with E-state index in [1.807, 2.05) is 12.1 Å². The average molecular weight is 505 g/mol. The third-order valence-corrected chi connectivity index (χ3v) is 7.33. The first-order chi connectivity index (χ1) is 18.7. The fraction of sp³-hybridized carbons (Fsp3) is 0.235. The van der Waals surface area contributed by atoms with Crippen LogP contribution in [0.5, 0.6) is 5.75 Å². The zero-order chi connectivity index (χ0) is 26.2. The number of hydrogen-bond acceptors (Lipinski definition) is 4. The molecule has 1 aliphatic carbocycles. The minimum absolute atomic E-state index is 0.0483. The number of ether oxygens (including phenoxy) is 2. The summed E-state index contributed by atoms with van der Waals surface area (Å²) in [5, 5.41) is 7.45. The highest BCUT2D eigenvalue weighted by atomic mass is 16.5. The van der Waals surface area contributed by atoms with Gasteiger partial charge in [0, 0.05) is 18.0 Å². The zero-order valence-corrected chi connectivity index (χ0v) is 22.2. The SMILES string of the molecule is COC1=C(Nc2cccc(C(NCCC(c3ccccc3)c3ccccc3)c3ccc(OC)cc3)c2)CC1. The molecule has 5 rings (SSSR count). The lowest BCUT2D eigenvalue weighted by Crippen LogP contribution is -2.25. The van der Waals surface area contributed by atoms with Crippen molar-refractivity contribution in [1.29, 1.82) is 0 Å². The van der Waals surface area contributed by atoms with Gasteiger partial charge in [-0.3, -0.25) is 0 Å².